The van der Waals surface area contributed by atoms with Gasteiger partial charge < -0.3 is 4.74 Å². The fourth-order valence-electron chi connectivity index (χ4n) is 3.23. The predicted molar refractivity (Wildman–Crippen MR) is 93.3 cm³/mol. The molecule has 1 unspecified atom stereocenters. The van der Waals surface area contributed by atoms with Crippen LogP contribution < -0.4 is 4.74 Å². The van der Waals surface area contributed by atoms with Gasteiger partial charge in [-0.3, -0.25) is 4.90 Å². The first-order valence-corrected chi connectivity index (χ1v) is 9.96. The van der Waals surface area contributed by atoms with Crippen molar-refractivity contribution >= 4 is 9.84 Å². The van der Waals surface area contributed by atoms with Crippen LogP contribution in [0.15, 0.2) is 36.7 Å². The molecule has 2 heterocycles. The van der Waals surface area contributed by atoms with Gasteiger partial charge in [-0.2, -0.15) is 5.10 Å². The molecule has 0 bridgehead atoms. The van der Waals surface area contributed by atoms with Crippen molar-refractivity contribution < 1.29 is 13.2 Å². The van der Waals surface area contributed by atoms with Crippen molar-refractivity contribution in [1.82, 2.24) is 14.7 Å². The second-order valence-corrected chi connectivity index (χ2v) is 8.29. The lowest BCUT2D eigenvalue weighted by Gasteiger charge is -2.27. The van der Waals surface area contributed by atoms with E-state index in [-0.39, 0.29) is 17.5 Å². The van der Waals surface area contributed by atoms with Gasteiger partial charge in [-0.1, -0.05) is 6.92 Å². The Hall–Kier alpha value is -1.86. The number of aromatic nitrogens is 2. The molecule has 0 amide bonds. The van der Waals surface area contributed by atoms with Gasteiger partial charge in [-0.05, 0) is 42.8 Å². The highest BCUT2D eigenvalue weighted by molar-refractivity contribution is 7.91. The molecule has 2 aromatic rings. The van der Waals surface area contributed by atoms with Gasteiger partial charge in [0.1, 0.15) is 5.75 Å². The number of rotatable bonds is 6. The van der Waals surface area contributed by atoms with Crippen LogP contribution in [0.25, 0.3) is 5.69 Å². The summed E-state index contributed by atoms with van der Waals surface area (Å²) in [5.41, 5.74) is 2.06. The molecular formula is C17H23N3O3S. The molecule has 6 nitrogen and oxygen atoms in total. The summed E-state index contributed by atoms with van der Waals surface area (Å²) in [7, 11) is -1.25. The maximum absolute atomic E-state index is 11.8. The molecule has 0 saturated carbocycles. The fourth-order valence-corrected chi connectivity index (χ4v) is 4.99. The molecule has 0 spiro atoms. The Morgan fingerprint density at radius 1 is 1.42 bits per heavy atom. The van der Waals surface area contributed by atoms with Gasteiger partial charge in [-0.25, -0.2) is 13.1 Å². The molecule has 0 aliphatic carbocycles. The highest BCUT2D eigenvalue weighted by Crippen LogP contribution is 2.25. The Labute approximate surface area is 143 Å². The van der Waals surface area contributed by atoms with Crippen molar-refractivity contribution in [2.45, 2.75) is 25.9 Å². The monoisotopic (exact) mass is 349 g/mol. The van der Waals surface area contributed by atoms with Crippen LogP contribution in [0.4, 0.5) is 0 Å². The van der Waals surface area contributed by atoms with E-state index in [1.54, 1.807) is 13.3 Å². The SMILES string of the molecule is CCN(Cc1cc(OC)ccc1-n1cccn1)C1CCS(=O)(=O)C1. The third-order valence-corrected chi connectivity index (χ3v) is 6.29. The van der Waals surface area contributed by atoms with Crippen LogP contribution in [-0.4, -0.2) is 54.3 Å². The smallest absolute Gasteiger partial charge is 0.151 e. The van der Waals surface area contributed by atoms with Crippen LogP contribution in [0.5, 0.6) is 5.75 Å². The van der Waals surface area contributed by atoms with E-state index in [1.807, 2.05) is 35.1 Å². The summed E-state index contributed by atoms with van der Waals surface area (Å²) in [6.07, 6.45) is 4.36. The molecule has 130 valence electrons. The molecule has 1 aromatic carbocycles. The summed E-state index contributed by atoms with van der Waals surface area (Å²) in [5, 5.41) is 4.32. The van der Waals surface area contributed by atoms with Crippen LogP contribution in [0.1, 0.15) is 18.9 Å². The maximum atomic E-state index is 11.8. The summed E-state index contributed by atoms with van der Waals surface area (Å²) in [4.78, 5) is 2.23. The number of methoxy groups -OCH3 is 1. The molecule has 1 aliphatic rings. The molecule has 3 rings (SSSR count). The van der Waals surface area contributed by atoms with E-state index < -0.39 is 9.84 Å². The minimum absolute atomic E-state index is 0.0803. The first-order chi connectivity index (χ1) is 11.5. The standard InChI is InChI=1S/C17H23N3O3S/c1-3-19(15-7-10-24(21,22)13-15)12-14-11-16(23-2)5-6-17(14)20-9-4-8-18-20/h4-6,8-9,11,15H,3,7,10,12-13H2,1-2H3. The quantitative estimate of drug-likeness (QED) is 0.797. The molecule has 1 saturated heterocycles. The molecule has 1 aliphatic heterocycles. The highest BCUT2D eigenvalue weighted by atomic mass is 32.2. The van der Waals surface area contributed by atoms with E-state index in [4.69, 9.17) is 4.74 Å². The molecule has 1 aromatic heterocycles. The molecular weight excluding hydrogens is 326 g/mol. The van der Waals surface area contributed by atoms with Crippen molar-refractivity contribution in [2.75, 3.05) is 25.2 Å². The van der Waals surface area contributed by atoms with E-state index in [1.165, 1.54) is 0 Å². The Morgan fingerprint density at radius 3 is 2.83 bits per heavy atom. The topological polar surface area (TPSA) is 64.4 Å². The summed E-state index contributed by atoms with van der Waals surface area (Å²) >= 11 is 0. The van der Waals surface area contributed by atoms with Gasteiger partial charge in [0.15, 0.2) is 9.84 Å². The summed E-state index contributed by atoms with van der Waals surface area (Å²) < 4.78 is 30.8. The molecule has 1 fully saturated rings. The van der Waals surface area contributed by atoms with Gasteiger partial charge >= 0.3 is 0 Å². The summed E-state index contributed by atoms with van der Waals surface area (Å²) in [6.45, 7) is 3.54. The van der Waals surface area contributed by atoms with E-state index in [9.17, 15) is 8.42 Å². The van der Waals surface area contributed by atoms with Crippen molar-refractivity contribution in [3.63, 3.8) is 0 Å². The predicted octanol–water partition coefficient (Wildman–Crippen LogP) is 1.89. The highest BCUT2D eigenvalue weighted by Gasteiger charge is 2.31. The zero-order valence-corrected chi connectivity index (χ0v) is 14.9. The third kappa shape index (κ3) is 3.62. The summed E-state index contributed by atoms with van der Waals surface area (Å²) in [5.74, 6) is 1.33. The van der Waals surface area contributed by atoms with Crippen LogP contribution >= 0.6 is 0 Å². The lowest BCUT2D eigenvalue weighted by molar-refractivity contribution is 0.214. The Balaban J connectivity index is 1.89. The van der Waals surface area contributed by atoms with E-state index in [2.05, 4.69) is 16.9 Å². The Morgan fingerprint density at radius 2 is 2.25 bits per heavy atom. The zero-order chi connectivity index (χ0) is 17.2. The zero-order valence-electron chi connectivity index (χ0n) is 14.1. The first-order valence-electron chi connectivity index (χ1n) is 8.14. The number of hydrogen-bond donors (Lipinski definition) is 0. The van der Waals surface area contributed by atoms with Crippen molar-refractivity contribution in [2.24, 2.45) is 0 Å². The Kier molecular flexibility index (Phi) is 4.91. The molecule has 7 heteroatoms. The van der Waals surface area contributed by atoms with E-state index in [0.29, 0.717) is 13.0 Å². The van der Waals surface area contributed by atoms with E-state index in [0.717, 1.165) is 23.5 Å². The van der Waals surface area contributed by atoms with Crippen LogP contribution in [-0.2, 0) is 16.4 Å². The average Bonchev–Trinajstić information content (AvgIpc) is 3.21. The van der Waals surface area contributed by atoms with Crippen LogP contribution in [0, 0.1) is 0 Å². The molecule has 1 atom stereocenters. The fraction of sp³-hybridized carbons (Fsp3) is 0.471. The second-order valence-electron chi connectivity index (χ2n) is 6.07. The largest absolute Gasteiger partial charge is 0.497 e. The Bertz CT molecular complexity index is 787. The minimum Gasteiger partial charge on any atom is -0.497 e. The normalized spacial score (nSPS) is 19.7. The number of benzene rings is 1. The van der Waals surface area contributed by atoms with Crippen molar-refractivity contribution in [3.05, 3.63) is 42.2 Å². The van der Waals surface area contributed by atoms with Gasteiger partial charge in [0.2, 0.25) is 0 Å². The first kappa shape index (κ1) is 17.0. The van der Waals surface area contributed by atoms with E-state index >= 15 is 0 Å². The number of hydrogen-bond acceptors (Lipinski definition) is 5. The van der Waals surface area contributed by atoms with Gasteiger partial charge in [0, 0.05) is 25.0 Å². The maximum Gasteiger partial charge on any atom is 0.151 e. The van der Waals surface area contributed by atoms with Gasteiger partial charge in [0.05, 0.1) is 24.3 Å². The molecule has 0 radical (unpaired) electrons. The van der Waals surface area contributed by atoms with Crippen LogP contribution in [0.3, 0.4) is 0 Å². The van der Waals surface area contributed by atoms with Gasteiger partial charge in [0.25, 0.3) is 0 Å². The lowest BCUT2D eigenvalue weighted by atomic mass is 10.1. The van der Waals surface area contributed by atoms with Gasteiger partial charge in [-0.15, -0.1) is 0 Å². The van der Waals surface area contributed by atoms with Crippen molar-refractivity contribution in [3.8, 4) is 11.4 Å². The number of ether oxygens (including phenoxy) is 1. The van der Waals surface area contributed by atoms with Crippen molar-refractivity contribution in [1.29, 1.82) is 0 Å². The number of nitrogens with zero attached hydrogens (tertiary/aromatic N) is 3. The van der Waals surface area contributed by atoms with Crippen LogP contribution in [0.2, 0.25) is 0 Å². The minimum atomic E-state index is -2.89. The average molecular weight is 349 g/mol. The molecule has 0 N–H and O–H groups in total. The second kappa shape index (κ2) is 6.94. The number of sulfone groups is 1. The molecule has 24 heavy (non-hydrogen) atoms. The lowest BCUT2D eigenvalue weighted by Crippen LogP contribution is -2.35. The summed E-state index contributed by atoms with van der Waals surface area (Å²) in [6, 6.07) is 7.87. The third-order valence-electron chi connectivity index (χ3n) is 4.54.